The maximum atomic E-state index is 13.9. The molecule has 0 aromatic carbocycles. The number of hydrogen-bond donors (Lipinski definition) is 0. The predicted molar refractivity (Wildman–Crippen MR) is 65.7 cm³/mol. The van der Waals surface area contributed by atoms with Crippen LogP contribution in [-0.4, -0.2) is 21.1 Å². The summed E-state index contributed by atoms with van der Waals surface area (Å²) in [6, 6.07) is 4.62. The summed E-state index contributed by atoms with van der Waals surface area (Å²) in [4.78, 5) is 12.4. The van der Waals surface area contributed by atoms with E-state index < -0.39 is 11.6 Å². The minimum Gasteiger partial charge on any atom is -0.258 e. The van der Waals surface area contributed by atoms with Gasteiger partial charge in [0.05, 0.1) is 5.69 Å². The van der Waals surface area contributed by atoms with Crippen LogP contribution in [0.3, 0.4) is 0 Å². The van der Waals surface area contributed by atoms with Crippen LogP contribution in [0, 0.1) is 5.82 Å². The van der Waals surface area contributed by atoms with Gasteiger partial charge in [-0.3, -0.25) is 4.98 Å². The van der Waals surface area contributed by atoms with Crippen LogP contribution in [-0.2, 0) is 11.8 Å². The fraction of sp³-hybridized carbons (Fsp3) is 0.357. The quantitative estimate of drug-likeness (QED) is 0.852. The summed E-state index contributed by atoms with van der Waals surface area (Å²) >= 11 is 0. The van der Waals surface area contributed by atoms with Gasteiger partial charge in [0.2, 0.25) is 0 Å². The molecular weight excluding hydrogens is 248 g/mol. The van der Waals surface area contributed by atoms with Gasteiger partial charge in [-0.2, -0.15) is 0 Å². The highest BCUT2D eigenvalue weighted by atomic mass is 19.1. The first kappa shape index (κ1) is 12.1. The number of rotatable bonds is 3. The molecule has 0 aliphatic heterocycles. The van der Waals surface area contributed by atoms with Crippen LogP contribution in [0.15, 0.2) is 36.8 Å². The van der Waals surface area contributed by atoms with Crippen LogP contribution < -0.4 is 0 Å². The molecule has 0 saturated heterocycles. The number of hydrogen-bond acceptors (Lipinski definition) is 3. The molecule has 2 aromatic heterocycles. The Bertz CT molecular complexity index is 568. The molecule has 1 aliphatic rings. The summed E-state index contributed by atoms with van der Waals surface area (Å²) in [6.07, 6.45) is 4.88. The summed E-state index contributed by atoms with van der Waals surface area (Å²) in [5.41, 5.74) is -0.275. The van der Waals surface area contributed by atoms with Crippen molar-refractivity contribution in [3.05, 3.63) is 54.1 Å². The number of halogens is 2. The van der Waals surface area contributed by atoms with Crippen molar-refractivity contribution in [3.8, 4) is 0 Å². The molecule has 2 aromatic rings. The standard InChI is InChI=1S/C14H13F2N3/c15-10-7-14(8-10,9-12-17-5-2-6-18-12)13-11(16)3-1-4-19-13/h1-6,10H,7-9H2. The van der Waals surface area contributed by atoms with Crippen LogP contribution >= 0.6 is 0 Å². The lowest BCUT2D eigenvalue weighted by atomic mass is 9.63. The molecule has 98 valence electrons. The van der Waals surface area contributed by atoms with E-state index in [2.05, 4.69) is 15.0 Å². The summed E-state index contributed by atoms with van der Waals surface area (Å²) in [7, 11) is 0. The topological polar surface area (TPSA) is 38.7 Å². The Kier molecular flexibility index (Phi) is 2.97. The Hall–Kier alpha value is -1.91. The first-order chi connectivity index (χ1) is 9.20. The maximum Gasteiger partial charge on any atom is 0.145 e. The van der Waals surface area contributed by atoms with Gasteiger partial charge >= 0.3 is 0 Å². The van der Waals surface area contributed by atoms with Gasteiger partial charge in [0.1, 0.15) is 17.8 Å². The predicted octanol–water partition coefficient (Wildman–Crippen LogP) is 2.62. The first-order valence-electron chi connectivity index (χ1n) is 6.21. The molecule has 0 amide bonds. The van der Waals surface area contributed by atoms with E-state index in [1.807, 2.05) is 0 Å². The summed E-state index contributed by atoms with van der Waals surface area (Å²) < 4.78 is 27.3. The van der Waals surface area contributed by atoms with Crippen LogP contribution in [0.1, 0.15) is 24.4 Å². The van der Waals surface area contributed by atoms with Crippen molar-refractivity contribution in [3.63, 3.8) is 0 Å². The molecule has 1 aliphatic carbocycles. The second kappa shape index (κ2) is 4.64. The molecule has 0 unspecified atom stereocenters. The SMILES string of the molecule is Fc1cccnc1C1(Cc2ncccn2)CC(F)C1. The second-order valence-corrected chi connectivity index (χ2v) is 4.96. The van der Waals surface area contributed by atoms with Gasteiger partial charge in [-0.25, -0.2) is 18.7 Å². The highest BCUT2D eigenvalue weighted by molar-refractivity contribution is 5.26. The Morgan fingerprint density at radius 2 is 1.79 bits per heavy atom. The van der Waals surface area contributed by atoms with Crippen LogP contribution in [0.25, 0.3) is 0 Å². The third-order valence-corrected chi connectivity index (χ3v) is 3.60. The van der Waals surface area contributed by atoms with Gasteiger partial charge in [-0.05, 0) is 31.0 Å². The lowest BCUT2D eigenvalue weighted by molar-refractivity contribution is 0.0851. The van der Waals surface area contributed by atoms with Gasteiger partial charge < -0.3 is 0 Å². The Morgan fingerprint density at radius 3 is 2.42 bits per heavy atom. The highest BCUT2D eigenvalue weighted by Crippen LogP contribution is 2.47. The summed E-state index contributed by atoms with van der Waals surface area (Å²) in [5.74, 6) is 0.213. The molecule has 1 fully saturated rings. The zero-order chi connectivity index (χ0) is 13.3. The van der Waals surface area contributed by atoms with E-state index in [0.717, 1.165) is 0 Å². The molecule has 5 heteroatoms. The van der Waals surface area contributed by atoms with Crippen LogP contribution in [0.5, 0.6) is 0 Å². The van der Waals surface area contributed by atoms with E-state index in [1.165, 1.54) is 18.3 Å². The largest absolute Gasteiger partial charge is 0.258 e. The van der Waals surface area contributed by atoms with Gasteiger partial charge in [0, 0.05) is 30.4 Å². The number of nitrogens with zero attached hydrogens (tertiary/aromatic N) is 3. The fourth-order valence-electron chi connectivity index (χ4n) is 2.71. The van der Waals surface area contributed by atoms with Crippen molar-refractivity contribution in [1.82, 2.24) is 15.0 Å². The van der Waals surface area contributed by atoms with E-state index >= 15 is 0 Å². The zero-order valence-corrected chi connectivity index (χ0v) is 10.3. The molecule has 0 bridgehead atoms. The Morgan fingerprint density at radius 1 is 1.11 bits per heavy atom. The molecule has 19 heavy (non-hydrogen) atoms. The van der Waals surface area contributed by atoms with Crippen LogP contribution in [0.4, 0.5) is 8.78 Å². The maximum absolute atomic E-state index is 13.9. The second-order valence-electron chi connectivity index (χ2n) is 4.96. The van der Waals surface area contributed by atoms with Gasteiger partial charge in [-0.15, -0.1) is 0 Å². The number of alkyl halides is 1. The van der Waals surface area contributed by atoms with E-state index in [0.29, 0.717) is 17.9 Å². The van der Waals surface area contributed by atoms with Gasteiger partial charge in [-0.1, -0.05) is 0 Å². The Balaban J connectivity index is 1.95. The molecular formula is C14H13F2N3. The lowest BCUT2D eigenvalue weighted by Crippen LogP contribution is -2.46. The molecule has 0 atom stereocenters. The minimum atomic E-state index is -0.898. The molecule has 3 rings (SSSR count). The van der Waals surface area contributed by atoms with Crippen molar-refractivity contribution in [1.29, 1.82) is 0 Å². The summed E-state index contributed by atoms with van der Waals surface area (Å²) in [5, 5.41) is 0. The van der Waals surface area contributed by atoms with Crippen molar-refractivity contribution >= 4 is 0 Å². The monoisotopic (exact) mass is 261 g/mol. The highest BCUT2D eigenvalue weighted by Gasteiger charge is 2.49. The number of aromatic nitrogens is 3. The first-order valence-corrected chi connectivity index (χ1v) is 6.21. The molecule has 0 radical (unpaired) electrons. The Labute approximate surface area is 109 Å². The lowest BCUT2D eigenvalue weighted by Gasteiger charge is -2.43. The average molecular weight is 261 g/mol. The van der Waals surface area contributed by atoms with E-state index in [9.17, 15) is 8.78 Å². The molecule has 0 spiro atoms. The summed E-state index contributed by atoms with van der Waals surface area (Å²) in [6.45, 7) is 0. The van der Waals surface area contributed by atoms with Gasteiger partial charge in [0.25, 0.3) is 0 Å². The molecule has 0 N–H and O–H groups in total. The normalized spacial score (nSPS) is 25.9. The minimum absolute atomic E-state index is 0.277. The van der Waals surface area contributed by atoms with Crippen molar-refractivity contribution in [2.75, 3.05) is 0 Å². The zero-order valence-electron chi connectivity index (χ0n) is 10.3. The molecule has 3 nitrogen and oxygen atoms in total. The van der Waals surface area contributed by atoms with Crippen molar-refractivity contribution < 1.29 is 8.78 Å². The van der Waals surface area contributed by atoms with E-state index in [4.69, 9.17) is 0 Å². The third-order valence-electron chi connectivity index (χ3n) is 3.60. The van der Waals surface area contributed by atoms with E-state index in [-0.39, 0.29) is 18.7 Å². The smallest absolute Gasteiger partial charge is 0.145 e. The van der Waals surface area contributed by atoms with Crippen molar-refractivity contribution in [2.24, 2.45) is 0 Å². The molecule has 2 heterocycles. The van der Waals surface area contributed by atoms with E-state index in [1.54, 1.807) is 18.5 Å². The van der Waals surface area contributed by atoms with Crippen LogP contribution in [0.2, 0.25) is 0 Å². The molecule has 1 saturated carbocycles. The third kappa shape index (κ3) is 2.20. The fourth-order valence-corrected chi connectivity index (χ4v) is 2.71. The average Bonchev–Trinajstić information content (AvgIpc) is 2.38. The van der Waals surface area contributed by atoms with Crippen molar-refractivity contribution in [2.45, 2.75) is 30.8 Å². The number of pyridine rings is 1. The van der Waals surface area contributed by atoms with Gasteiger partial charge in [0.15, 0.2) is 0 Å².